The SMILES string of the molecule is CC1CCc2c(ccc(C(=N)C=N)c2Oc2ccccc2)N1C(=O)C1CC1. The maximum absolute atomic E-state index is 12.9. The third-order valence-corrected chi connectivity index (χ3v) is 5.31. The zero-order chi connectivity index (χ0) is 19.0. The lowest BCUT2D eigenvalue weighted by Crippen LogP contribution is -2.43. The zero-order valence-electron chi connectivity index (χ0n) is 15.4. The predicted octanol–water partition coefficient (Wildman–Crippen LogP) is 4.57. The van der Waals surface area contributed by atoms with Gasteiger partial charge in [-0.15, -0.1) is 0 Å². The summed E-state index contributed by atoms with van der Waals surface area (Å²) in [6, 6.07) is 13.3. The molecule has 0 radical (unpaired) electrons. The largest absolute Gasteiger partial charge is 0.456 e. The number of nitrogens with zero attached hydrogens (tertiary/aromatic N) is 1. The van der Waals surface area contributed by atoms with Crippen LogP contribution in [0.1, 0.15) is 37.3 Å². The summed E-state index contributed by atoms with van der Waals surface area (Å²) in [6.07, 6.45) is 4.62. The molecule has 2 N–H and O–H groups in total. The fourth-order valence-corrected chi connectivity index (χ4v) is 3.68. The molecular weight excluding hydrogens is 338 g/mol. The van der Waals surface area contributed by atoms with E-state index < -0.39 is 0 Å². The van der Waals surface area contributed by atoms with Crippen LogP contribution in [-0.4, -0.2) is 23.9 Å². The van der Waals surface area contributed by atoms with Crippen molar-refractivity contribution in [2.24, 2.45) is 5.92 Å². The van der Waals surface area contributed by atoms with Crippen LogP contribution in [0.2, 0.25) is 0 Å². The molecule has 27 heavy (non-hydrogen) atoms. The first-order chi connectivity index (χ1) is 13.1. The first kappa shape index (κ1) is 17.5. The second-order valence-corrected chi connectivity index (χ2v) is 7.28. The van der Waals surface area contributed by atoms with Gasteiger partial charge in [0.1, 0.15) is 11.5 Å². The molecule has 0 saturated heterocycles. The van der Waals surface area contributed by atoms with Crippen LogP contribution in [0.4, 0.5) is 5.69 Å². The molecule has 1 heterocycles. The van der Waals surface area contributed by atoms with Gasteiger partial charge in [0.2, 0.25) is 5.91 Å². The summed E-state index contributed by atoms with van der Waals surface area (Å²) < 4.78 is 6.19. The second-order valence-electron chi connectivity index (χ2n) is 7.28. The van der Waals surface area contributed by atoms with Gasteiger partial charge in [-0.1, -0.05) is 18.2 Å². The van der Waals surface area contributed by atoms with E-state index in [4.69, 9.17) is 15.6 Å². The van der Waals surface area contributed by atoms with Crippen molar-refractivity contribution in [2.75, 3.05) is 4.90 Å². The minimum absolute atomic E-state index is 0.0995. The van der Waals surface area contributed by atoms with Crippen LogP contribution in [0.3, 0.4) is 0 Å². The summed E-state index contributed by atoms with van der Waals surface area (Å²) in [7, 11) is 0. The average Bonchev–Trinajstić information content (AvgIpc) is 3.53. The highest BCUT2D eigenvalue weighted by molar-refractivity contribution is 6.36. The van der Waals surface area contributed by atoms with Gasteiger partial charge in [-0.05, 0) is 56.9 Å². The zero-order valence-corrected chi connectivity index (χ0v) is 15.4. The molecule has 0 bridgehead atoms. The number of rotatable bonds is 5. The fourth-order valence-electron chi connectivity index (χ4n) is 3.68. The smallest absolute Gasteiger partial charge is 0.230 e. The number of amides is 1. The number of ether oxygens (including phenoxy) is 1. The highest BCUT2D eigenvalue weighted by Gasteiger charge is 2.39. The molecule has 1 unspecified atom stereocenters. The first-order valence-corrected chi connectivity index (χ1v) is 9.41. The summed E-state index contributed by atoms with van der Waals surface area (Å²) in [5.41, 5.74) is 2.52. The van der Waals surface area contributed by atoms with Crippen molar-refractivity contribution in [3.63, 3.8) is 0 Å². The van der Waals surface area contributed by atoms with E-state index in [2.05, 4.69) is 6.92 Å². The number of carbonyl (C=O) groups excluding carboxylic acids is 1. The Hall–Kier alpha value is -2.95. The highest BCUT2D eigenvalue weighted by atomic mass is 16.5. The molecular formula is C22H23N3O2. The number of nitrogens with one attached hydrogen (secondary N) is 2. The van der Waals surface area contributed by atoms with E-state index in [0.717, 1.165) is 43.1 Å². The molecule has 1 aliphatic carbocycles. The maximum atomic E-state index is 12.9. The highest BCUT2D eigenvalue weighted by Crippen LogP contribution is 2.43. The molecule has 2 aliphatic rings. The monoisotopic (exact) mass is 361 g/mol. The van der Waals surface area contributed by atoms with Crippen LogP contribution in [0, 0.1) is 16.7 Å². The molecule has 1 fully saturated rings. The number of benzene rings is 2. The van der Waals surface area contributed by atoms with Crippen molar-refractivity contribution in [1.29, 1.82) is 10.8 Å². The van der Waals surface area contributed by atoms with Crippen LogP contribution in [0.5, 0.6) is 11.5 Å². The Balaban J connectivity index is 1.83. The molecule has 4 rings (SSSR count). The number of para-hydroxylation sites is 1. The molecule has 1 atom stereocenters. The molecule has 1 aliphatic heterocycles. The topological polar surface area (TPSA) is 77.2 Å². The van der Waals surface area contributed by atoms with Crippen LogP contribution >= 0.6 is 0 Å². The standard InChI is InChI=1S/C22H23N3O2/c1-14-7-10-18-20(25(14)22(26)15-8-9-15)12-11-17(19(24)13-23)21(18)27-16-5-3-2-4-6-16/h2-6,11-15,23-24H,7-10H2,1H3. The third-order valence-electron chi connectivity index (χ3n) is 5.31. The van der Waals surface area contributed by atoms with Crippen molar-refractivity contribution < 1.29 is 9.53 Å². The molecule has 0 spiro atoms. The molecule has 0 aromatic heterocycles. The number of anilines is 1. The van der Waals surface area contributed by atoms with Crippen molar-refractivity contribution in [1.82, 2.24) is 0 Å². The van der Waals surface area contributed by atoms with Crippen LogP contribution < -0.4 is 9.64 Å². The van der Waals surface area contributed by atoms with Gasteiger partial charge in [0.15, 0.2) is 0 Å². The Bertz CT molecular complexity index is 903. The molecule has 5 heteroatoms. The van der Waals surface area contributed by atoms with Gasteiger partial charge in [-0.25, -0.2) is 0 Å². The lowest BCUT2D eigenvalue weighted by atomic mass is 9.92. The van der Waals surface area contributed by atoms with Crippen molar-refractivity contribution in [2.45, 2.75) is 38.6 Å². The summed E-state index contributed by atoms with van der Waals surface area (Å²) in [6.45, 7) is 2.09. The Morgan fingerprint density at radius 2 is 1.89 bits per heavy atom. The molecule has 2 aromatic carbocycles. The van der Waals surface area contributed by atoms with Gasteiger partial charge in [-0.3, -0.25) is 10.2 Å². The van der Waals surface area contributed by atoms with E-state index in [9.17, 15) is 4.79 Å². The lowest BCUT2D eigenvalue weighted by molar-refractivity contribution is -0.120. The molecule has 1 amide bonds. The van der Waals surface area contributed by atoms with E-state index in [0.29, 0.717) is 17.1 Å². The maximum Gasteiger partial charge on any atom is 0.230 e. The first-order valence-electron chi connectivity index (χ1n) is 9.41. The minimum Gasteiger partial charge on any atom is -0.456 e. The summed E-state index contributed by atoms with van der Waals surface area (Å²) in [5.74, 6) is 1.62. The van der Waals surface area contributed by atoms with Crippen LogP contribution in [-0.2, 0) is 11.2 Å². The normalized spacial score (nSPS) is 18.6. The molecule has 2 aromatic rings. The van der Waals surface area contributed by atoms with Crippen molar-refractivity contribution >= 4 is 23.5 Å². The second kappa shape index (κ2) is 6.99. The van der Waals surface area contributed by atoms with Crippen LogP contribution in [0.25, 0.3) is 0 Å². The summed E-state index contributed by atoms with van der Waals surface area (Å²) in [5, 5.41) is 15.6. The lowest BCUT2D eigenvalue weighted by Gasteiger charge is -2.36. The minimum atomic E-state index is 0.0995. The van der Waals surface area contributed by atoms with Gasteiger partial charge < -0.3 is 15.0 Å². The summed E-state index contributed by atoms with van der Waals surface area (Å²) in [4.78, 5) is 14.8. The van der Waals surface area contributed by atoms with Gasteiger partial charge in [0.05, 0.1) is 11.4 Å². The van der Waals surface area contributed by atoms with Gasteiger partial charge in [-0.2, -0.15) is 0 Å². The van der Waals surface area contributed by atoms with E-state index in [1.165, 1.54) is 0 Å². The van der Waals surface area contributed by atoms with Gasteiger partial charge in [0, 0.05) is 29.3 Å². The number of carbonyl (C=O) groups is 1. The molecule has 1 saturated carbocycles. The quantitative estimate of drug-likeness (QED) is 0.765. The van der Waals surface area contributed by atoms with E-state index in [1.54, 1.807) is 6.07 Å². The predicted molar refractivity (Wildman–Crippen MR) is 107 cm³/mol. The van der Waals surface area contributed by atoms with Crippen LogP contribution in [0.15, 0.2) is 42.5 Å². The van der Waals surface area contributed by atoms with Crippen molar-refractivity contribution in [3.05, 3.63) is 53.6 Å². The third kappa shape index (κ3) is 3.25. The number of hydrogen-bond donors (Lipinski definition) is 2. The average molecular weight is 361 g/mol. The Morgan fingerprint density at radius 1 is 1.15 bits per heavy atom. The van der Waals surface area contributed by atoms with Gasteiger partial charge in [0.25, 0.3) is 0 Å². The van der Waals surface area contributed by atoms with E-state index in [1.807, 2.05) is 41.3 Å². The Morgan fingerprint density at radius 3 is 2.56 bits per heavy atom. The molecule has 5 nitrogen and oxygen atoms in total. The summed E-state index contributed by atoms with van der Waals surface area (Å²) >= 11 is 0. The Kier molecular flexibility index (Phi) is 4.52. The van der Waals surface area contributed by atoms with Crippen molar-refractivity contribution in [3.8, 4) is 11.5 Å². The number of fused-ring (bicyclic) bond motifs is 1. The molecule has 138 valence electrons. The van der Waals surface area contributed by atoms with Gasteiger partial charge >= 0.3 is 0 Å². The van der Waals surface area contributed by atoms with E-state index >= 15 is 0 Å². The van der Waals surface area contributed by atoms with E-state index in [-0.39, 0.29) is 23.6 Å². The number of hydrogen-bond acceptors (Lipinski definition) is 4. The fraction of sp³-hybridized carbons (Fsp3) is 0.318. The Labute approximate surface area is 159 Å².